The Labute approximate surface area is 134 Å². The van der Waals surface area contributed by atoms with Crippen LogP contribution in [0.25, 0.3) is 0 Å². The van der Waals surface area contributed by atoms with E-state index in [0.717, 1.165) is 22.6 Å². The lowest BCUT2D eigenvalue weighted by Gasteiger charge is -2.28. The van der Waals surface area contributed by atoms with E-state index in [2.05, 4.69) is 15.1 Å². The molecule has 3 heterocycles. The van der Waals surface area contributed by atoms with Crippen molar-refractivity contribution in [3.05, 3.63) is 34.4 Å². The fourth-order valence-electron chi connectivity index (χ4n) is 2.90. The summed E-state index contributed by atoms with van der Waals surface area (Å²) in [5.74, 6) is 0.261. The van der Waals surface area contributed by atoms with Crippen molar-refractivity contribution in [2.24, 2.45) is 0 Å². The van der Waals surface area contributed by atoms with Crippen LogP contribution < -0.4 is 5.73 Å². The van der Waals surface area contributed by atoms with Crippen LogP contribution in [0.5, 0.6) is 0 Å². The summed E-state index contributed by atoms with van der Waals surface area (Å²) in [6, 6.07) is 1.84. The first-order valence-corrected chi connectivity index (χ1v) is 7.51. The Morgan fingerprint density at radius 2 is 2.00 bits per heavy atom. The van der Waals surface area contributed by atoms with Crippen LogP contribution in [-0.2, 0) is 30.9 Å². The van der Waals surface area contributed by atoms with Crippen molar-refractivity contribution in [1.82, 2.24) is 24.6 Å². The van der Waals surface area contributed by atoms with E-state index < -0.39 is 0 Å². The molecule has 3 rings (SSSR count). The quantitative estimate of drug-likeness (QED) is 0.821. The minimum absolute atomic E-state index is 0.0302. The molecule has 0 atom stereocenters. The van der Waals surface area contributed by atoms with E-state index in [4.69, 9.17) is 10.8 Å². The number of nitrogens with zero attached hydrogens (tertiary/aromatic N) is 5. The van der Waals surface area contributed by atoms with Crippen LogP contribution in [-0.4, -0.2) is 42.2 Å². The second-order valence-electron chi connectivity index (χ2n) is 5.73. The van der Waals surface area contributed by atoms with Crippen LogP contribution >= 0.6 is 0 Å². The molecule has 0 aromatic carbocycles. The van der Waals surface area contributed by atoms with E-state index >= 15 is 0 Å². The predicted molar refractivity (Wildman–Crippen MR) is 83.2 cm³/mol. The number of rotatable bonds is 3. The van der Waals surface area contributed by atoms with Gasteiger partial charge in [-0.3, -0.25) is 9.48 Å². The average molecular weight is 316 g/mol. The molecule has 0 saturated carbocycles. The minimum atomic E-state index is -0.0882. The summed E-state index contributed by atoms with van der Waals surface area (Å²) in [4.78, 5) is 22.7. The van der Waals surface area contributed by atoms with Gasteiger partial charge in [-0.15, -0.1) is 0 Å². The molecule has 0 spiro atoms. The number of aromatic nitrogens is 4. The average Bonchev–Trinajstić information content (AvgIpc) is 2.92. The molecule has 8 heteroatoms. The molecule has 3 N–H and O–H groups in total. The molecular formula is C15H20N6O2. The number of hydrogen-bond acceptors (Lipinski definition) is 6. The summed E-state index contributed by atoms with van der Waals surface area (Å²) >= 11 is 0. The zero-order valence-electron chi connectivity index (χ0n) is 13.3. The number of aliphatic hydroxyl groups is 1. The molecule has 0 saturated heterocycles. The van der Waals surface area contributed by atoms with Crippen molar-refractivity contribution in [3.8, 4) is 0 Å². The van der Waals surface area contributed by atoms with Gasteiger partial charge in [-0.05, 0) is 19.9 Å². The standard InChI is InChI=1S/C15H20N6O2/c1-9-13(10(2)18-15(16)17-9)6-14(23)20-3-4-21-12(7-20)5-11(8-22)19-21/h5,22H,3-4,6-8H2,1-2H3,(H2,16,17,18). The van der Waals surface area contributed by atoms with Crippen molar-refractivity contribution < 1.29 is 9.90 Å². The van der Waals surface area contributed by atoms with Gasteiger partial charge in [0, 0.05) is 23.5 Å². The first-order chi connectivity index (χ1) is 11.0. The Morgan fingerprint density at radius 1 is 1.30 bits per heavy atom. The van der Waals surface area contributed by atoms with Gasteiger partial charge in [0.25, 0.3) is 0 Å². The van der Waals surface area contributed by atoms with Gasteiger partial charge >= 0.3 is 0 Å². The highest BCUT2D eigenvalue weighted by Crippen LogP contribution is 2.17. The second kappa shape index (κ2) is 5.96. The zero-order chi connectivity index (χ0) is 16.6. The highest BCUT2D eigenvalue weighted by Gasteiger charge is 2.23. The number of amides is 1. The smallest absolute Gasteiger partial charge is 0.227 e. The van der Waals surface area contributed by atoms with Gasteiger partial charge in [0.05, 0.1) is 37.5 Å². The lowest BCUT2D eigenvalue weighted by molar-refractivity contribution is -0.132. The van der Waals surface area contributed by atoms with Gasteiger partial charge in [0.15, 0.2) is 0 Å². The third-order valence-electron chi connectivity index (χ3n) is 4.13. The molecule has 0 fully saturated rings. The molecule has 0 bridgehead atoms. The van der Waals surface area contributed by atoms with Crippen LogP contribution in [0.4, 0.5) is 5.95 Å². The molecule has 2 aromatic rings. The maximum Gasteiger partial charge on any atom is 0.227 e. The molecule has 1 aliphatic rings. The lowest BCUT2D eigenvalue weighted by Crippen LogP contribution is -2.39. The molecule has 1 aliphatic heterocycles. The van der Waals surface area contributed by atoms with E-state index in [1.165, 1.54) is 0 Å². The van der Waals surface area contributed by atoms with E-state index in [-0.39, 0.29) is 24.9 Å². The van der Waals surface area contributed by atoms with Gasteiger partial charge < -0.3 is 15.7 Å². The number of nitrogen functional groups attached to an aromatic ring is 1. The van der Waals surface area contributed by atoms with Gasteiger partial charge in [-0.1, -0.05) is 0 Å². The van der Waals surface area contributed by atoms with Crippen LogP contribution in [0.1, 0.15) is 28.3 Å². The number of aryl methyl sites for hydroxylation is 2. The zero-order valence-corrected chi connectivity index (χ0v) is 13.3. The Hall–Kier alpha value is -2.48. The van der Waals surface area contributed by atoms with Crippen LogP contribution in [0.3, 0.4) is 0 Å². The molecule has 1 amide bonds. The fraction of sp³-hybridized carbons (Fsp3) is 0.467. The maximum absolute atomic E-state index is 12.6. The number of carbonyl (C=O) groups is 1. The van der Waals surface area contributed by atoms with Crippen LogP contribution in [0.15, 0.2) is 6.07 Å². The molecule has 8 nitrogen and oxygen atoms in total. The van der Waals surface area contributed by atoms with E-state index in [9.17, 15) is 4.79 Å². The summed E-state index contributed by atoms with van der Waals surface area (Å²) in [5, 5.41) is 13.4. The minimum Gasteiger partial charge on any atom is -0.390 e. The molecular weight excluding hydrogens is 296 g/mol. The number of carbonyl (C=O) groups excluding carboxylic acids is 1. The Balaban J connectivity index is 1.75. The largest absolute Gasteiger partial charge is 0.390 e. The monoisotopic (exact) mass is 316 g/mol. The van der Waals surface area contributed by atoms with E-state index in [1.54, 1.807) is 4.90 Å². The van der Waals surface area contributed by atoms with Gasteiger partial charge in [-0.2, -0.15) is 5.10 Å². The van der Waals surface area contributed by atoms with E-state index in [0.29, 0.717) is 25.3 Å². The predicted octanol–water partition coefficient (Wildman–Crippen LogP) is -0.0507. The molecule has 0 aliphatic carbocycles. The number of anilines is 1. The highest BCUT2D eigenvalue weighted by molar-refractivity contribution is 5.79. The fourth-order valence-corrected chi connectivity index (χ4v) is 2.90. The SMILES string of the molecule is Cc1nc(N)nc(C)c1CC(=O)N1CCn2nc(CO)cc2C1. The molecule has 23 heavy (non-hydrogen) atoms. The molecule has 0 unspecified atom stereocenters. The molecule has 2 aromatic heterocycles. The Kier molecular flexibility index (Phi) is 3.99. The first kappa shape index (κ1) is 15.4. The van der Waals surface area contributed by atoms with E-state index in [1.807, 2.05) is 24.6 Å². The van der Waals surface area contributed by atoms with Crippen molar-refractivity contribution >= 4 is 11.9 Å². The van der Waals surface area contributed by atoms with Crippen molar-refractivity contribution in [3.63, 3.8) is 0 Å². The molecule has 122 valence electrons. The second-order valence-corrected chi connectivity index (χ2v) is 5.73. The summed E-state index contributed by atoms with van der Waals surface area (Å²) in [6.45, 7) is 5.33. The van der Waals surface area contributed by atoms with Crippen molar-refractivity contribution in [2.45, 2.75) is 40.0 Å². The third-order valence-corrected chi connectivity index (χ3v) is 4.13. The number of aliphatic hydroxyl groups excluding tert-OH is 1. The van der Waals surface area contributed by atoms with Gasteiger partial charge in [0.1, 0.15) is 0 Å². The topological polar surface area (TPSA) is 110 Å². The summed E-state index contributed by atoms with van der Waals surface area (Å²) in [7, 11) is 0. The third kappa shape index (κ3) is 3.02. The number of fused-ring (bicyclic) bond motifs is 1. The summed E-state index contributed by atoms with van der Waals surface area (Å²) in [5.41, 5.74) is 9.52. The lowest BCUT2D eigenvalue weighted by atomic mass is 10.1. The normalized spacial score (nSPS) is 14.0. The summed E-state index contributed by atoms with van der Waals surface area (Å²) in [6.07, 6.45) is 0.263. The van der Waals surface area contributed by atoms with Crippen LogP contribution in [0.2, 0.25) is 0 Å². The van der Waals surface area contributed by atoms with Gasteiger partial charge in [-0.25, -0.2) is 9.97 Å². The van der Waals surface area contributed by atoms with Crippen LogP contribution in [0, 0.1) is 13.8 Å². The first-order valence-electron chi connectivity index (χ1n) is 7.51. The van der Waals surface area contributed by atoms with Crippen molar-refractivity contribution in [2.75, 3.05) is 12.3 Å². The number of nitrogens with two attached hydrogens (primary N) is 1. The Bertz CT molecular complexity index is 731. The highest BCUT2D eigenvalue weighted by atomic mass is 16.3. The maximum atomic E-state index is 12.6. The summed E-state index contributed by atoms with van der Waals surface area (Å²) < 4.78 is 1.85. The van der Waals surface area contributed by atoms with Crippen molar-refractivity contribution in [1.29, 1.82) is 0 Å². The number of hydrogen-bond donors (Lipinski definition) is 2. The van der Waals surface area contributed by atoms with Gasteiger partial charge in [0.2, 0.25) is 11.9 Å². The molecule has 0 radical (unpaired) electrons. The Morgan fingerprint density at radius 3 is 2.65 bits per heavy atom.